The van der Waals surface area contributed by atoms with Gasteiger partial charge < -0.3 is 10.2 Å². The highest BCUT2D eigenvalue weighted by Gasteiger charge is 2.33. The minimum Gasteiger partial charge on any atom is -0.339 e. The van der Waals surface area contributed by atoms with E-state index in [0.29, 0.717) is 25.3 Å². The highest BCUT2D eigenvalue weighted by molar-refractivity contribution is 7.91. The first-order valence-corrected chi connectivity index (χ1v) is 9.54. The van der Waals surface area contributed by atoms with Crippen LogP contribution in [0.2, 0.25) is 0 Å². The van der Waals surface area contributed by atoms with Crippen LogP contribution in [0.25, 0.3) is 0 Å². The molecule has 0 aromatic carbocycles. The molecular formula is C14H26N2O3S. The van der Waals surface area contributed by atoms with E-state index in [-0.39, 0.29) is 23.5 Å². The number of nitrogens with zero attached hydrogens (tertiary/aromatic N) is 1. The molecule has 5 nitrogen and oxygen atoms in total. The van der Waals surface area contributed by atoms with Crippen molar-refractivity contribution in [2.45, 2.75) is 45.1 Å². The quantitative estimate of drug-likeness (QED) is 0.816. The molecule has 1 amide bonds. The van der Waals surface area contributed by atoms with Gasteiger partial charge in [-0.3, -0.25) is 4.79 Å². The number of nitrogens with one attached hydrogen (secondary N) is 1. The molecule has 2 rings (SSSR count). The average Bonchev–Trinajstić information content (AvgIpc) is 2.78. The number of carbonyl (C=O) groups is 1. The molecule has 2 heterocycles. The Kier molecular flexibility index (Phi) is 5.43. The molecule has 0 radical (unpaired) electrons. The van der Waals surface area contributed by atoms with E-state index in [4.69, 9.17) is 0 Å². The molecule has 0 spiro atoms. The minimum absolute atomic E-state index is 0.0954. The molecule has 2 aliphatic heterocycles. The van der Waals surface area contributed by atoms with Gasteiger partial charge in [0.25, 0.3) is 0 Å². The Hall–Kier alpha value is -0.620. The van der Waals surface area contributed by atoms with Gasteiger partial charge in [0, 0.05) is 19.0 Å². The highest BCUT2D eigenvalue weighted by atomic mass is 32.2. The molecule has 116 valence electrons. The van der Waals surface area contributed by atoms with Gasteiger partial charge in [0.2, 0.25) is 5.91 Å². The van der Waals surface area contributed by atoms with E-state index in [9.17, 15) is 13.2 Å². The topological polar surface area (TPSA) is 66.5 Å². The second-order valence-electron chi connectivity index (χ2n) is 5.99. The molecule has 2 aliphatic rings. The van der Waals surface area contributed by atoms with E-state index >= 15 is 0 Å². The van der Waals surface area contributed by atoms with Crippen molar-refractivity contribution in [3.05, 3.63) is 0 Å². The second-order valence-corrected chi connectivity index (χ2v) is 8.22. The van der Waals surface area contributed by atoms with Gasteiger partial charge in [-0.15, -0.1) is 0 Å². The van der Waals surface area contributed by atoms with Crippen LogP contribution in [0.3, 0.4) is 0 Å². The van der Waals surface area contributed by atoms with Gasteiger partial charge in [-0.2, -0.15) is 0 Å². The summed E-state index contributed by atoms with van der Waals surface area (Å²) in [4.78, 5) is 14.1. The second kappa shape index (κ2) is 6.89. The Bertz CT molecular complexity index is 430. The summed E-state index contributed by atoms with van der Waals surface area (Å²) in [5, 5.41) is 3.36. The maximum Gasteiger partial charge on any atom is 0.222 e. The van der Waals surface area contributed by atoms with Crippen LogP contribution in [0.1, 0.15) is 39.0 Å². The smallest absolute Gasteiger partial charge is 0.222 e. The van der Waals surface area contributed by atoms with E-state index in [1.165, 1.54) is 12.8 Å². The summed E-state index contributed by atoms with van der Waals surface area (Å²) in [6.07, 6.45) is 4.47. The average molecular weight is 302 g/mol. The Morgan fingerprint density at radius 2 is 2.15 bits per heavy atom. The number of hydrogen-bond donors (Lipinski definition) is 1. The van der Waals surface area contributed by atoms with Crippen molar-refractivity contribution in [1.82, 2.24) is 10.2 Å². The van der Waals surface area contributed by atoms with Crippen molar-refractivity contribution in [3.8, 4) is 0 Å². The SMILES string of the molecule is CCN(C(=O)CCC1CCCNC1)C1CCS(=O)(=O)C1. The molecule has 2 fully saturated rings. The first kappa shape index (κ1) is 15.8. The Balaban J connectivity index is 1.82. The number of piperidine rings is 1. The van der Waals surface area contributed by atoms with Gasteiger partial charge in [0.1, 0.15) is 0 Å². The molecule has 0 aromatic heterocycles. The van der Waals surface area contributed by atoms with Crippen LogP contribution in [0.15, 0.2) is 0 Å². The molecule has 1 N–H and O–H groups in total. The molecule has 0 bridgehead atoms. The van der Waals surface area contributed by atoms with E-state index in [0.717, 1.165) is 19.5 Å². The van der Waals surface area contributed by atoms with E-state index < -0.39 is 9.84 Å². The van der Waals surface area contributed by atoms with E-state index in [2.05, 4.69) is 5.32 Å². The predicted octanol–water partition coefficient (Wildman–Crippen LogP) is 0.802. The lowest BCUT2D eigenvalue weighted by Crippen LogP contribution is -2.41. The van der Waals surface area contributed by atoms with Crippen molar-refractivity contribution in [1.29, 1.82) is 0 Å². The third-order valence-electron chi connectivity index (χ3n) is 4.48. The Morgan fingerprint density at radius 1 is 1.35 bits per heavy atom. The van der Waals surface area contributed by atoms with Crippen LogP contribution in [0.4, 0.5) is 0 Å². The summed E-state index contributed by atoms with van der Waals surface area (Å²) in [7, 11) is -2.92. The van der Waals surface area contributed by atoms with Crippen molar-refractivity contribution >= 4 is 15.7 Å². The maximum atomic E-state index is 12.3. The van der Waals surface area contributed by atoms with Gasteiger partial charge in [-0.25, -0.2) is 8.42 Å². The first-order chi connectivity index (χ1) is 9.52. The third kappa shape index (κ3) is 4.19. The van der Waals surface area contributed by atoms with E-state index in [1.54, 1.807) is 4.90 Å². The minimum atomic E-state index is -2.92. The van der Waals surface area contributed by atoms with Gasteiger partial charge in [0.15, 0.2) is 9.84 Å². The summed E-state index contributed by atoms with van der Waals surface area (Å²) in [5.74, 6) is 1.10. The van der Waals surface area contributed by atoms with Crippen LogP contribution in [-0.4, -0.2) is 56.4 Å². The number of hydrogen-bond acceptors (Lipinski definition) is 4. The van der Waals surface area contributed by atoms with Gasteiger partial charge in [-0.05, 0) is 51.6 Å². The fraction of sp³-hybridized carbons (Fsp3) is 0.929. The summed E-state index contributed by atoms with van der Waals surface area (Å²) >= 11 is 0. The van der Waals surface area contributed by atoms with Crippen LogP contribution in [0.5, 0.6) is 0 Å². The zero-order valence-electron chi connectivity index (χ0n) is 12.3. The molecule has 2 unspecified atom stereocenters. The standard InChI is InChI=1S/C14H26N2O3S/c1-2-16(13-7-9-20(18,19)11-13)14(17)6-5-12-4-3-8-15-10-12/h12-13,15H,2-11H2,1H3. The zero-order chi connectivity index (χ0) is 14.6. The van der Waals surface area contributed by atoms with Gasteiger partial charge >= 0.3 is 0 Å². The van der Waals surface area contributed by atoms with Crippen molar-refractivity contribution < 1.29 is 13.2 Å². The lowest BCUT2D eigenvalue weighted by Gasteiger charge is -2.28. The van der Waals surface area contributed by atoms with E-state index in [1.807, 2.05) is 6.92 Å². The molecule has 2 saturated heterocycles. The fourth-order valence-electron chi connectivity index (χ4n) is 3.30. The van der Waals surface area contributed by atoms with Crippen molar-refractivity contribution in [2.75, 3.05) is 31.1 Å². The van der Waals surface area contributed by atoms with Crippen molar-refractivity contribution in [3.63, 3.8) is 0 Å². The summed E-state index contributed by atoms with van der Waals surface area (Å²) in [6.45, 7) is 4.65. The molecule has 2 atom stereocenters. The Labute approximate surface area is 122 Å². The number of rotatable bonds is 5. The summed E-state index contributed by atoms with van der Waals surface area (Å²) in [5.41, 5.74) is 0. The third-order valence-corrected chi connectivity index (χ3v) is 6.23. The molecule has 0 saturated carbocycles. The molecule has 6 heteroatoms. The zero-order valence-corrected chi connectivity index (χ0v) is 13.1. The maximum absolute atomic E-state index is 12.3. The number of carbonyl (C=O) groups excluding carboxylic acids is 1. The Morgan fingerprint density at radius 3 is 2.70 bits per heavy atom. The summed E-state index contributed by atoms with van der Waals surface area (Å²) < 4.78 is 23.1. The highest BCUT2D eigenvalue weighted by Crippen LogP contribution is 2.21. The normalized spacial score (nSPS) is 29.2. The van der Waals surface area contributed by atoms with Crippen LogP contribution in [0, 0.1) is 5.92 Å². The monoisotopic (exact) mass is 302 g/mol. The van der Waals surface area contributed by atoms with Crippen LogP contribution < -0.4 is 5.32 Å². The van der Waals surface area contributed by atoms with Crippen LogP contribution >= 0.6 is 0 Å². The van der Waals surface area contributed by atoms with Crippen molar-refractivity contribution in [2.24, 2.45) is 5.92 Å². The lowest BCUT2D eigenvalue weighted by atomic mass is 9.94. The first-order valence-electron chi connectivity index (χ1n) is 7.72. The fourth-order valence-corrected chi connectivity index (χ4v) is 5.03. The number of sulfone groups is 1. The number of amides is 1. The predicted molar refractivity (Wildman–Crippen MR) is 79.3 cm³/mol. The molecular weight excluding hydrogens is 276 g/mol. The lowest BCUT2D eigenvalue weighted by molar-refractivity contribution is -0.133. The van der Waals surface area contributed by atoms with Gasteiger partial charge in [0.05, 0.1) is 11.5 Å². The molecule has 0 aliphatic carbocycles. The van der Waals surface area contributed by atoms with Crippen LogP contribution in [-0.2, 0) is 14.6 Å². The largest absolute Gasteiger partial charge is 0.339 e. The molecule has 0 aromatic rings. The summed E-state index contributed by atoms with van der Waals surface area (Å²) in [6, 6.07) is -0.0954. The van der Waals surface area contributed by atoms with Gasteiger partial charge in [-0.1, -0.05) is 0 Å². The molecule has 20 heavy (non-hydrogen) atoms.